The van der Waals surface area contributed by atoms with Gasteiger partial charge in [0.25, 0.3) is 5.91 Å². The number of nitrogens with one attached hydrogen (secondary N) is 3. The lowest BCUT2D eigenvalue weighted by Gasteiger charge is -2.37. The SMILES string of the molecule is COCCNC(=O)C1CCC(C)N(C(=O)NCc2cccc(C(=O)NCC3CCCO3)c2)C1. The molecule has 1 aromatic rings. The zero-order chi connectivity index (χ0) is 23.6. The lowest BCUT2D eigenvalue weighted by molar-refractivity contribution is -0.126. The molecule has 33 heavy (non-hydrogen) atoms. The molecular formula is C24H36N4O5. The minimum Gasteiger partial charge on any atom is -0.383 e. The second kappa shape index (κ2) is 12.6. The van der Waals surface area contributed by atoms with E-state index in [4.69, 9.17) is 9.47 Å². The van der Waals surface area contributed by atoms with Crippen LogP contribution in [0, 0.1) is 5.92 Å². The van der Waals surface area contributed by atoms with E-state index in [2.05, 4.69) is 16.0 Å². The molecule has 2 aliphatic rings. The van der Waals surface area contributed by atoms with E-state index in [1.807, 2.05) is 19.1 Å². The number of ether oxygens (including phenoxy) is 2. The number of methoxy groups -OCH3 is 1. The molecule has 0 aromatic heterocycles. The zero-order valence-electron chi connectivity index (χ0n) is 19.6. The second-order valence-electron chi connectivity index (χ2n) is 8.76. The summed E-state index contributed by atoms with van der Waals surface area (Å²) in [4.78, 5) is 39.4. The first-order valence-electron chi connectivity index (χ1n) is 11.8. The molecule has 0 saturated carbocycles. The van der Waals surface area contributed by atoms with Crippen molar-refractivity contribution in [2.75, 3.05) is 40.0 Å². The Bertz CT molecular complexity index is 812. The summed E-state index contributed by atoms with van der Waals surface area (Å²) < 4.78 is 10.5. The highest BCUT2D eigenvalue weighted by Gasteiger charge is 2.32. The average Bonchev–Trinajstić information content (AvgIpc) is 3.35. The number of rotatable bonds is 9. The van der Waals surface area contributed by atoms with Crippen molar-refractivity contribution in [3.05, 3.63) is 35.4 Å². The Balaban J connectivity index is 1.49. The third-order valence-electron chi connectivity index (χ3n) is 6.27. The van der Waals surface area contributed by atoms with Gasteiger partial charge >= 0.3 is 6.03 Å². The molecule has 2 saturated heterocycles. The van der Waals surface area contributed by atoms with Crippen LogP contribution in [0.1, 0.15) is 48.5 Å². The number of benzene rings is 1. The summed E-state index contributed by atoms with van der Waals surface area (Å²) in [5.74, 6) is -0.413. The Hall–Kier alpha value is -2.65. The molecule has 1 aromatic carbocycles. The molecule has 3 atom stereocenters. The van der Waals surface area contributed by atoms with Crippen LogP contribution >= 0.6 is 0 Å². The highest BCUT2D eigenvalue weighted by molar-refractivity contribution is 5.94. The standard InChI is InChI=1S/C24H36N4O5/c1-17-8-9-20(23(30)25-10-12-32-2)16-28(17)24(31)27-14-18-5-3-6-19(13-18)22(29)26-15-21-7-4-11-33-21/h3,5-6,13,17,20-21H,4,7-12,14-16H2,1-2H3,(H,25,30)(H,26,29)(H,27,31). The topological polar surface area (TPSA) is 109 Å². The number of hydrogen-bond donors (Lipinski definition) is 3. The van der Waals surface area contributed by atoms with Crippen molar-refractivity contribution in [2.45, 2.75) is 51.3 Å². The number of carbonyl (C=O) groups is 3. The number of likely N-dealkylation sites (tertiary alicyclic amines) is 1. The minimum absolute atomic E-state index is 0.0431. The first-order valence-corrected chi connectivity index (χ1v) is 11.8. The van der Waals surface area contributed by atoms with Gasteiger partial charge in [0.05, 0.1) is 18.6 Å². The molecule has 2 heterocycles. The Labute approximate surface area is 195 Å². The van der Waals surface area contributed by atoms with E-state index in [1.165, 1.54) is 0 Å². The summed E-state index contributed by atoms with van der Waals surface area (Å²) in [5, 5.41) is 8.72. The molecule has 3 N–H and O–H groups in total. The van der Waals surface area contributed by atoms with Gasteiger partial charge in [0.1, 0.15) is 0 Å². The first kappa shape index (κ1) is 25.0. The van der Waals surface area contributed by atoms with Crippen molar-refractivity contribution in [3.63, 3.8) is 0 Å². The monoisotopic (exact) mass is 460 g/mol. The molecule has 9 heteroatoms. The Morgan fingerprint density at radius 3 is 2.76 bits per heavy atom. The van der Waals surface area contributed by atoms with Gasteiger partial charge in [-0.3, -0.25) is 9.59 Å². The molecule has 0 spiro atoms. The fraction of sp³-hybridized carbons (Fsp3) is 0.625. The van der Waals surface area contributed by atoms with Crippen LogP contribution in [0.4, 0.5) is 4.79 Å². The average molecular weight is 461 g/mol. The van der Waals surface area contributed by atoms with E-state index in [1.54, 1.807) is 24.1 Å². The maximum absolute atomic E-state index is 12.8. The zero-order valence-corrected chi connectivity index (χ0v) is 19.6. The molecule has 3 rings (SSSR count). The Morgan fingerprint density at radius 2 is 2.00 bits per heavy atom. The van der Waals surface area contributed by atoms with Crippen molar-refractivity contribution < 1.29 is 23.9 Å². The van der Waals surface area contributed by atoms with Gasteiger partial charge in [-0.15, -0.1) is 0 Å². The van der Waals surface area contributed by atoms with Gasteiger partial charge in [0, 0.05) is 51.5 Å². The molecule has 3 unspecified atom stereocenters. The van der Waals surface area contributed by atoms with Crippen molar-refractivity contribution >= 4 is 17.8 Å². The lowest BCUT2D eigenvalue weighted by atomic mass is 9.93. The normalized spacial score (nSPS) is 22.6. The summed E-state index contributed by atoms with van der Waals surface area (Å²) in [7, 11) is 1.59. The predicted molar refractivity (Wildman–Crippen MR) is 124 cm³/mol. The van der Waals surface area contributed by atoms with Gasteiger partial charge in [-0.2, -0.15) is 0 Å². The number of carbonyl (C=O) groups excluding carboxylic acids is 3. The Morgan fingerprint density at radius 1 is 1.15 bits per heavy atom. The summed E-state index contributed by atoms with van der Waals surface area (Å²) in [6.45, 7) is 4.88. The fourth-order valence-corrected chi connectivity index (χ4v) is 4.24. The van der Waals surface area contributed by atoms with Crippen LogP contribution in [-0.4, -0.2) is 74.8 Å². The van der Waals surface area contributed by atoms with Crippen LogP contribution in [0.2, 0.25) is 0 Å². The van der Waals surface area contributed by atoms with E-state index >= 15 is 0 Å². The summed E-state index contributed by atoms with van der Waals surface area (Å²) in [6, 6.07) is 7.09. The third-order valence-corrected chi connectivity index (χ3v) is 6.27. The number of nitrogens with zero attached hydrogens (tertiary/aromatic N) is 1. The molecule has 182 valence electrons. The van der Waals surface area contributed by atoms with Gasteiger partial charge < -0.3 is 30.3 Å². The lowest BCUT2D eigenvalue weighted by Crippen LogP contribution is -2.52. The molecule has 2 aliphatic heterocycles. The number of urea groups is 1. The summed E-state index contributed by atoms with van der Waals surface area (Å²) >= 11 is 0. The van der Waals surface area contributed by atoms with Crippen molar-refractivity contribution in [1.29, 1.82) is 0 Å². The van der Waals surface area contributed by atoms with Crippen LogP contribution in [0.5, 0.6) is 0 Å². The van der Waals surface area contributed by atoms with E-state index in [0.29, 0.717) is 38.3 Å². The van der Waals surface area contributed by atoms with E-state index in [0.717, 1.165) is 37.9 Å². The van der Waals surface area contributed by atoms with Crippen LogP contribution < -0.4 is 16.0 Å². The van der Waals surface area contributed by atoms with Gasteiger partial charge in [0.2, 0.25) is 5.91 Å². The third kappa shape index (κ3) is 7.43. The predicted octanol–water partition coefficient (Wildman–Crippen LogP) is 1.67. The molecule has 9 nitrogen and oxygen atoms in total. The number of hydrogen-bond acceptors (Lipinski definition) is 5. The van der Waals surface area contributed by atoms with Crippen LogP contribution in [0.3, 0.4) is 0 Å². The number of piperidine rings is 1. The fourth-order valence-electron chi connectivity index (χ4n) is 4.24. The van der Waals surface area contributed by atoms with Crippen LogP contribution in [0.25, 0.3) is 0 Å². The molecule has 0 bridgehead atoms. The number of amides is 4. The van der Waals surface area contributed by atoms with Gasteiger partial charge in [-0.25, -0.2) is 4.79 Å². The minimum atomic E-state index is -0.223. The smallest absolute Gasteiger partial charge is 0.317 e. The van der Waals surface area contributed by atoms with Crippen molar-refractivity contribution in [2.24, 2.45) is 5.92 Å². The first-order chi connectivity index (χ1) is 16.0. The molecule has 0 radical (unpaired) electrons. The molecular weight excluding hydrogens is 424 g/mol. The van der Waals surface area contributed by atoms with Gasteiger partial charge in [0.15, 0.2) is 0 Å². The van der Waals surface area contributed by atoms with Gasteiger partial charge in [-0.1, -0.05) is 12.1 Å². The van der Waals surface area contributed by atoms with E-state index in [9.17, 15) is 14.4 Å². The quantitative estimate of drug-likeness (QED) is 0.486. The van der Waals surface area contributed by atoms with E-state index in [-0.39, 0.29) is 35.9 Å². The molecule has 4 amide bonds. The van der Waals surface area contributed by atoms with Crippen molar-refractivity contribution in [3.8, 4) is 0 Å². The summed E-state index contributed by atoms with van der Waals surface area (Å²) in [6.07, 6.45) is 3.62. The van der Waals surface area contributed by atoms with Gasteiger partial charge in [-0.05, 0) is 50.3 Å². The highest BCUT2D eigenvalue weighted by Crippen LogP contribution is 2.22. The van der Waals surface area contributed by atoms with Crippen LogP contribution in [-0.2, 0) is 20.8 Å². The van der Waals surface area contributed by atoms with Crippen molar-refractivity contribution in [1.82, 2.24) is 20.9 Å². The maximum Gasteiger partial charge on any atom is 0.317 e. The maximum atomic E-state index is 12.8. The largest absolute Gasteiger partial charge is 0.383 e. The summed E-state index contributed by atoms with van der Waals surface area (Å²) in [5.41, 5.74) is 1.39. The van der Waals surface area contributed by atoms with Crippen LogP contribution in [0.15, 0.2) is 24.3 Å². The highest BCUT2D eigenvalue weighted by atomic mass is 16.5. The van der Waals surface area contributed by atoms with E-state index < -0.39 is 0 Å². The molecule has 2 fully saturated rings. The molecule has 0 aliphatic carbocycles. The second-order valence-corrected chi connectivity index (χ2v) is 8.76. The Kier molecular flexibility index (Phi) is 9.50.